The van der Waals surface area contributed by atoms with Crippen LogP contribution in [-0.2, 0) is 0 Å². The third-order valence-corrected chi connectivity index (χ3v) is 3.65. The van der Waals surface area contributed by atoms with Gasteiger partial charge in [-0.3, -0.25) is 4.79 Å². The summed E-state index contributed by atoms with van der Waals surface area (Å²) in [6, 6.07) is 11.7. The summed E-state index contributed by atoms with van der Waals surface area (Å²) in [5, 5.41) is 6.13. The highest BCUT2D eigenvalue weighted by atomic mass is 35.5. The molecule has 0 bridgehead atoms. The number of rotatable bonds is 4. The molecule has 4 nitrogen and oxygen atoms in total. The summed E-state index contributed by atoms with van der Waals surface area (Å²) >= 11 is 11.8. The van der Waals surface area contributed by atoms with Crippen LogP contribution in [0.1, 0.15) is 17.3 Å². The van der Waals surface area contributed by atoms with Gasteiger partial charge in [-0.15, -0.1) is 0 Å². The molecule has 0 radical (unpaired) electrons. The van der Waals surface area contributed by atoms with Crippen LogP contribution >= 0.6 is 23.2 Å². The van der Waals surface area contributed by atoms with Crippen LogP contribution in [0.15, 0.2) is 47.6 Å². The normalized spacial score (nSPS) is 10.7. The molecule has 0 saturated carbocycles. The molecule has 6 heteroatoms. The van der Waals surface area contributed by atoms with E-state index in [1.54, 1.807) is 56.6 Å². The van der Waals surface area contributed by atoms with E-state index in [0.717, 1.165) is 0 Å². The number of amides is 1. The highest BCUT2D eigenvalue weighted by Gasteiger charge is 2.18. The number of hydrogen-bond acceptors (Lipinski definition) is 3. The number of halogens is 2. The first kappa shape index (κ1) is 16.3. The van der Waals surface area contributed by atoms with Crippen LogP contribution in [0.4, 0.5) is 5.69 Å². The van der Waals surface area contributed by atoms with Gasteiger partial charge in [0.1, 0.15) is 5.75 Å². The highest BCUT2D eigenvalue weighted by molar-refractivity contribution is 6.42. The molecular weight excluding hydrogens is 323 g/mol. The van der Waals surface area contributed by atoms with Gasteiger partial charge >= 0.3 is 0 Å². The van der Waals surface area contributed by atoms with Crippen molar-refractivity contribution in [3.63, 3.8) is 0 Å². The number of carbonyl (C=O) groups excluding carboxylic acids is 1. The van der Waals surface area contributed by atoms with Crippen molar-refractivity contribution in [2.75, 3.05) is 12.1 Å². The molecular formula is C16H14Cl2N2O2. The summed E-state index contributed by atoms with van der Waals surface area (Å²) in [4.78, 5) is 12.6. The molecule has 0 spiro atoms. The third-order valence-electron chi connectivity index (χ3n) is 2.91. The molecule has 2 aromatic carbocycles. The molecule has 2 rings (SSSR count). The van der Waals surface area contributed by atoms with E-state index >= 15 is 0 Å². The van der Waals surface area contributed by atoms with Crippen molar-refractivity contribution in [3.8, 4) is 5.75 Å². The smallest absolute Gasteiger partial charge is 0.278 e. The maximum absolute atomic E-state index is 12.6. The molecule has 0 unspecified atom stereocenters. The summed E-state index contributed by atoms with van der Waals surface area (Å²) in [5.74, 6) is 0.396. The largest absolute Gasteiger partial charge is 0.497 e. The minimum Gasteiger partial charge on any atom is -0.497 e. The first-order chi connectivity index (χ1) is 10.6. The number of hydrazone groups is 1. The molecule has 0 aliphatic carbocycles. The Hall–Kier alpha value is -2.04. The fraction of sp³-hybridized carbons (Fsp3) is 0.125. The first-order valence-corrected chi connectivity index (χ1v) is 7.24. The average Bonchev–Trinajstić information content (AvgIpc) is 2.55. The van der Waals surface area contributed by atoms with E-state index < -0.39 is 0 Å². The summed E-state index contributed by atoms with van der Waals surface area (Å²) in [6.07, 6.45) is 1.54. The zero-order valence-corrected chi connectivity index (χ0v) is 13.6. The van der Waals surface area contributed by atoms with E-state index in [1.165, 1.54) is 11.1 Å². The zero-order chi connectivity index (χ0) is 16.1. The number of carbonyl (C=O) groups is 1. The van der Waals surface area contributed by atoms with Crippen molar-refractivity contribution in [2.24, 2.45) is 5.10 Å². The van der Waals surface area contributed by atoms with E-state index in [1.807, 2.05) is 0 Å². The predicted molar refractivity (Wildman–Crippen MR) is 90.4 cm³/mol. The van der Waals surface area contributed by atoms with Gasteiger partial charge in [0.15, 0.2) is 0 Å². The summed E-state index contributed by atoms with van der Waals surface area (Å²) in [7, 11) is 1.58. The lowest BCUT2D eigenvalue weighted by molar-refractivity contribution is 0.0988. The van der Waals surface area contributed by atoms with Gasteiger partial charge in [-0.1, -0.05) is 23.2 Å². The quantitative estimate of drug-likeness (QED) is 0.602. The fourth-order valence-electron chi connectivity index (χ4n) is 1.83. The Labute approximate surface area is 138 Å². The van der Waals surface area contributed by atoms with Gasteiger partial charge in [-0.05, 0) is 49.4 Å². The molecule has 0 fully saturated rings. The monoisotopic (exact) mass is 336 g/mol. The van der Waals surface area contributed by atoms with Crippen molar-refractivity contribution >= 4 is 41.0 Å². The highest BCUT2D eigenvalue weighted by Crippen LogP contribution is 2.25. The molecule has 0 aromatic heterocycles. The molecule has 0 saturated heterocycles. The number of benzene rings is 2. The zero-order valence-electron chi connectivity index (χ0n) is 12.1. The summed E-state index contributed by atoms with van der Waals surface area (Å²) in [6.45, 7) is 1.73. The average molecular weight is 337 g/mol. The lowest BCUT2D eigenvalue weighted by atomic mass is 10.2. The van der Waals surface area contributed by atoms with Crippen LogP contribution in [0.5, 0.6) is 5.75 Å². The van der Waals surface area contributed by atoms with Gasteiger partial charge in [0.25, 0.3) is 5.91 Å². The molecule has 1 amide bonds. The molecule has 0 N–H and O–H groups in total. The topological polar surface area (TPSA) is 41.9 Å². The molecule has 0 atom stereocenters. The number of anilines is 1. The second-order valence-electron chi connectivity index (χ2n) is 4.32. The summed E-state index contributed by atoms with van der Waals surface area (Å²) < 4.78 is 5.11. The predicted octanol–water partition coefficient (Wildman–Crippen LogP) is 4.65. The van der Waals surface area contributed by atoms with Crippen LogP contribution < -0.4 is 9.75 Å². The lowest BCUT2D eigenvalue weighted by Gasteiger charge is -2.17. The van der Waals surface area contributed by atoms with E-state index in [0.29, 0.717) is 27.0 Å². The molecule has 2 aromatic rings. The van der Waals surface area contributed by atoms with E-state index in [2.05, 4.69) is 5.10 Å². The van der Waals surface area contributed by atoms with E-state index in [4.69, 9.17) is 27.9 Å². The molecule has 0 aliphatic heterocycles. The molecule has 114 valence electrons. The summed E-state index contributed by atoms with van der Waals surface area (Å²) in [5.41, 5.74) is 1.02. The van der Waals surface area contributed by atoms with Crippen LogP contribution in [0.3, 0.4) is 0 Å². The Balaban J connectivity index is 2.37. The van der Waals surface area contributed by atoms with Crippen molar-refractivity contribution < 1.29 is 9.53 Å². The van der Waals surface area contributed by atoms with Crippen LogP contribution in [-0.4, -0.2) is 19.2 Å². The molecule has 0 heterocycles. The van der Waals surface area contributed by atoms with Crippen molar-refractivity contribution in [1.82, 2.24) is 0 Å². The second kappa shape index (κ2) is 7.29. The van der Waals surface area contributed by atoms with Gasteiger partial charge < -0.3 is 4.74 Å². The minimum absolute atomic E-state index is 0.304. The Kier molecular flexibility index (Phi) is 5.41. The van der Waals surface area contributed by atoms with Gasteiger partial charge in [-0.2, -0.15) is 10.1 Å². The maximum atomic E-state index is 12.6. The maximum Gasteiger partial charge on any atom is 0.278 e. The molecule has 22 heavy (non-hydrogen) atoms. The van der Waals surface area contributed by atoms with Crippen LogP contribution in [0.2, 0.25) is 10.0 Å². The number of ether oxygens (including phenoxy) is 1. The van der Waals surface area contributed by atoms with Crippen LogP contribution in [0, 0.1) is 0 Å². The second-order valence-corrected chi connectivity index (χ2v) is 5.13. The van der Waals surface area contributed by atoms with Gasteiger partial charge in [0.2, 0.25) is 0 Å². The SMILES string of the molecule is C/C=N\N(C(=O)c1ccc(Cl)c(Cl)c1)c1ccc(OC)cc1. The number of nitrogens with zero attached hydrogens (tertiary/aromatic N) is 2. The number of methoxy groups -OCH3 is 1. The first-order valence-electron chi connectivity index (χ1n) is 6.49. The van der Waals surface area contributed by atoms with Crippen molar-refractivity contribution in [1.29, 1.82) is 0 Å². The van der Waals surface area contributed by atoms with Crippen LogP contribution in [0.25, 0.3) is 0 Å². The number of hydrogen-bond donors (Lipinski definition) is 0. The Morgan fingerprint density at radius 2 is 1.82 bits per heavy atom. The Morgan fingerprint density at radius 3 is 2.36 bits per heavy atom. The third kappa shape index (κ3) is 3.59. The minimum atomic E-state index is -0.304. The standard InChI is InChI=1S/C16H14Cl2N2O2/c1-3-19-20(12-5-7-13(22-2)8-6-12)16(21)11-4-9-14(17)15(18)10-11/h3-10H,1-2H3/b19-3-. The van der Waals surface area contributed by atoms with E-state index in [9.17, 15) is 4.79 Å². The Morgan fingerprint density at radius 1 is 1.14 bits per heavy atom. The van der Waals surface area contributed by atoms with Gasteiger partial charge in [0, 0.05) is 11.8 Å². The Bertz CT molecular complexity index is 700. The van der Waals surface area contributed by atoms with Gasteiger partial charge in [0.05, 0.1) is 22.8 Å². The lowest BCUT2D eigenvalue weighted by Crippen LogP contribution is -2.25. The van der Waals surface area contributed by atoms with Crippen molar-refractivity contribution in [2.45, 2.75) is 6.92 Å². The molecule has 0 aliphatic rings. The van der Waals surface area contributed by atoms with Crippen molar-refractivity contribution in [3.05, 3.63) is 58.1 Å². The fourth-order valence-corrected chi connectivity index (χ4v) is 2.12. The van der Waals surface area contributed by atoms with Gasteiger partial charge in [-0.25, -0.2) is 0 Å². The van der Waals surface area contributed by atoms with E-state index in [-0.39, 0.29) is 5.91 Å².